The van der Waals surface area contributed by atoms with E-state index in [1.165, 1.54) is 38.5 Å². The molecule has 0 rings (SSSR count). The van der Waals surface area contributed by atoms with Crippen LogP contribution in [-0.2, 0) is 10.1 Å². The Balaban J connectivity index is 3.61. The van der Waals surface area contributed by atoms with Crippen molar-refractivity contribution >= 4 is 10.1 Å². The van der Waals surface area contributed by atoms with Crippen molar-refractivity contribution in [3.8, 4) is 0 Å². The van der Waals surface area contributed by atoms with E-state index < -0.39 is 15.4 Å². The van der Waals surface area contributed by atoms with Crippen LogP contribution in [0.2, 0.25) is 0 Å². The summed E-state index contributed by atoms with van der Waals surface area (Å²) in [7, 11) is -3.90. The number of aliphatic hydroxyl groups is 1. The molecule has 0 saturated carbocycles. The van der Waals surface area contributed by atoms with Gasteiger partial charge in [0.25, 0.3) is 10.1 Å². The first kappa shape index (κ1) is 27.9. The molecule has 0 radical (unpaired) electrons. The van der Waals surface area contributed by atoms with Crippen molar-refractivity contribution in [2.45, 2.75) is 147 Å². The zero-order valence-corrected chi connectivity index (χ0v) is 19.5. The van der Waals surface area contributed by atoms with E-state index in [0.29, 0.717) is 12.8 Å². The highest BCUT2D eigenvalue weighted by molar-refractivity contribution is 7.86. The minimum Gasteiger partial charge on any atom is -0.393 e. The van der Waals surface area contributed by atoms with Gasteiger partial charge in [0.15, 0.2) is 0 Å². The average Bonchev–Trinajstić information content (AvgIpc) is 2.64. The predicted octanol–water partition coefficient (Wildman–Crippen LogP) is 7.06. The standard InChI is InChI=1S/C23H48O4S/c1-3-5-7-12-16-20-23(28(25,26)27)21-17-14-11-9-8-10-13-15-19-22(24)18-6-4-2/h22-24H,3-21H2,1-2H3,(H,25,26,27). The minimum absolute atomic E-state index is 0.109. The van der Waals surface area contributed by atoms with Gasteiger partial charge in [0, 0.05) is 0 Å². The molecule has 2 unspecified atom stereocenters. The van der Waals surface area contributed by atoms with E-state index >= 15 is 0 Å². The van der Waals surface area contributed by atoms with Gasteiger partial charge in [-0.05, 0) is 25.7 Å². The fourth-order valence-corrected chi connectivity index (χ4v) is 4.74. The van der Waals surface area contributed by atoms with E-state index in [-0.39, 0.29) is 6.10 Å². The molecule has 4 nitrogen and oxygen atoms in total. The Hall–Kier alpha value is -0.130. The van der Waals surface area contributed by atoms with E-state index in [1.807, 2.05) is 0 Å². The van der Waals surface area contributed by atoms with Crippen molar-refractivity contribution in [1.82, 2.24) is 0 Å². The van der Waals surface area contributed by atoms with Gasteiger partial charge in [-0.15, -0.1) is 0 Å². The molecule has 0 aromatic rings. The minimum atomic E-state index is -3.90. The van der Waals surface area contributed by atoms with Crippen LogP contribution < -0.4 is 0 Å². The summed E-state index contributed by atoms with van der Waals surface area (Å²) in [5, 5.41) is 9.25. The van der Waals surface area contributed by atoms with E-state index in [4.69, 9.17) is 0 Å². The highest BCUT2D eigenvalue weighted by Gasteiger charge is 2.21. The first-order valence-corrected chi connectivity index (χ1v) is 13.6. The lowest BCUT2D eigenvalue weighted by molar-refractivity contribution is 0.148. The molecule has 0 aliphatic heterocycles. The highest BCUT2D eigenvalue weighted by atomic mass is 32.2. The lowest BCUT2D eigenvalue weighted by atomic mass is 10.0. The van der Waals surface area contributed by atoms with Crippen molar-refractivity contribution in [2.24, 2.45) is 0 Å². The van der Waals surface area contributed by atoms with Crippen LogP contribution in [0.5, 0.6) is 0 Å². The quantitative estimate of drug-likeness (QED) is 0.154. The fraction of sp³-hybridized carbons (Fsp3) is 1.00. The molecule has 0 aliphatic carbocycles. The topological polar surface area (TPSA) is 74.6 Å². The van der Waals surface area contributed by atoms with Gasteiger partial charge in [0.05, 0.1) is 11.4 Å². The smallest absolute Gasteiger partial charge is 0.267 e. The van der Waals surface area contributed by atoms with Crippen molar-refractivity contribution in [1.29, 1.82) is 0 Å². The predicted molar refractivity (Wildman–Crippen MR) is 120 cm³/mol. The fourth-order valence-electron chi connectivity index (χ4n) is 3.81. The van der Waals surface area contributed by atoms with Crippen LogP contribution in [0.25, 0.3) is 0 Å². The largest absolute Gasteiger partial charge is 0.393 e. The first-order chi connectivity index (χ1) is 13.4. The second kappa shape index (κ2) is 18.9. The number of rotatable bonds is 21. The SMILES string of the molecule is CCCCCCCC(CCCCCCCCCCC(O)CCCC)S(=O)(=O)O. The van der Waals surface area contributed by atoms with Gasteiger partial charge >= 0.3 is 0 Å². The van der Waals surface area contributed by atoms with E-state index in [9.17, 15) is 18.1 Å². The van der Waals surface area contributed by atoms with E-state index in [0.717, 1.165) is 70.6 Å². The summed E-state index contributed by atoms with van der Waals surface area (Å²) in [6.45, 7) is 4.32. The summed E-state index contributed by atoms with van der Waals surface area (Å²) in [6, 6.07) is 0. The Kier molecular flexibility index (Phi) is 18.8. The number of hydrogen-bond acceptors (Lipinski definition) is 3. The molecule has 0 aliphatic rings. The average molecular weight is 421 g/mol. The summed E-state index contributed by atoms with van der Waals surface area (Å²) >= 11 is 0. The highest BCUT2D eigenvalue weighted by Crippen LogP contribution is 2.19. The summed E-state index contributed by atoms with van der Waals surface area (Å²) in [4.78, 5) is 0. The van der Waals surface area contributed by atoms with Gasteiger partial charge in [-0.3, -0.25) is 4.55 Å². The Morgan fingerprint density at radius 1 is 0.571 bits per heavy atom. The molecule has 170 valence electrons. The second-order valence-corrected chi connectivity index (χ2v) is 10.2. The number of unbranched alkanes of at least 4 members (excludes halogenated alkanes) is 12. The molecule has 2 atom stereocenters. The van der Waals surface area contributed by atoms with Crippen LogP contribution in [0.3, 0.4) is 0 Å². The Labute approximate surface area is 175 Å². The lowest BCUT2D eigenvalue weighted by Crippen LogP contribution is -2.20. The van der Waals surface area contributed by atoms with Crippen molar-refractivity contribution in [2.75, 3.05) is 0 Å². The Morgan fingerprint density at radius 3 is 1.36 bits per heavy atom. The zero-order valence-electron chi connectivity index (χ0n) is 18.7. The summed E-state index contributed by atoms with van der Waals surface area (Å²) in [6.07, 6.45) is 19.8. The molecule has 0 spiro atoms. The van der Waals surface area contributed by atoms with Crippen LogP contribution in [0, 0.1) is 0 Å². The van der Waals surface area contributed by atoms with Crippen LogP contribution in [0.1, 0.15) is 136 Å². The van der Waals surface area contributed by atoms with Gasteiger partial charge in [-0.1, -0.05) is 110 Å². The molecule has 0 aromatic heterocycles. The molecule has 2 N–H and O–H groups in total. The van der Waals surface area contributed by atoms with Gasteiger partial charge in [-0.25, -0.2) is 0 Å². The monoisotopic (exact) mass is 420 g/mol. The molecule has 0 saturated heterocycles. The molecule has 28 heavy (non-hydrogen) atoms. The van der Waals surface area contributed by atoms with Crippen LogP contribution in [0.4, 0.5) is 0 Å². The van der Waals surface area contributed by atoms with E-state index in [1.54, 1.807) is 0 Å². The molecule has 0 amide bonds. The summed E-state index contributed by atoms with van der Waals surface area (Å²) in [5.74, 6) is 0. The normalized spacial score (nSPS) is 14.3. The molecule has 0 heterocycles. The van der Waals surface area contributed by atoms with Gasteiger partial charge in [0.2, 0.25) is 0 Å². The maximum Gasteiger partial charge on any atom is 0.267 e. The third-order valence-electron chi connectivity index (χ3n) is 5.76. The molecular formula is C23H48O4S. The van der Waals surface area contributed by atoms with E-state index in [2.05, 4.69) is 13.8 Å². The van der Waals surface area contributed by atoms with Gasteiger partial charge in [-0.2, -0.15) is 8.42 Å². The third-order valence-corrected chi connectivity index (χ3v) is 7.07. The molecule has 0 fully saturated rings. The second-order valence-electron chi connectivity index (χ2n) is 8.54. The van der Waals surface area contributed by atoms with Gasteiger partial charge < -0.3 is 5.11 Å². The molecular weight excluding hydrogens is 372 g/mol. The van der Waals surface area contributed by atoms with Crippen molar-refractivity contribution < 1.29 is 18.1 Å². The summed E-state index contributed by atoms with van der Waals surface area (Å²) < 4.78 is 32.6. The summed E-state index contributed by atoms with van der Waals surface area (Å²) in [5.41, 5.74) is 0. The zero-order chi connectivity index (χ0) is 21.1. The molecule has 5 heteroatoms. The third kappa shape index (κ3) is 17.9. The Bertz CT molecular complexity index is 422. The van der Waals surface area contributed by atoms with Crippen molar-refractivity contribution in [3.05, 3.63) is 0 Å². The van der Waals surface area contributed by atoms with Crippen LogP contribution in [-0.4, -0.2) is 29.4 Å². The van der Waals surface area contributed by atoms with Gasteiger partial charge in [0.1, 0.15) is 0 Å². The van der Waals surface area contributed by atoms with Crippen LogP contribution >= 0.6 is 0 Å². The van der Waals surface area contributed by atoms with Crippen LogP contribution in [0.15, 0.2) is 0 Å². The maximum atomic E-state index is 11.6. The maximum absolute atomic E-state index is 11.6. The number of hydrogen-bond donors (Lipinski definition) is 2. The first-order valence-electron chi connectivity index (χ1n) is 12.1. The molecule has 0 aromatic carbocycles. The lowest BCUT2D eigenvalue weighted by Gasteiger charge is -2.13. The number of aliphatic hydroxyl groups excluding tert-OH is 1. The molecule has 0 bridgehead atoms. The Morgan fingerprint density at radius 2 is 0.929 bits per heavy atom. The van der Waals surface area contributed by atoms with Crippen molar-refractivity contribution in [3.63, 3.8) is 0 Å².